The predicted octanol–water partition coefficient (Wildman–Crippen LogP) is 2.92. The molecule has 2 aromatic rings. The molecule has 0 unspecified atom stereocenters. The Kier molecular flexibility index (Phi) is 4.82. The summed E-state index contributed by atoms with van der Waals surface area (Å²) < 4.78 is 0. The maximum atomic E-state index is 11.0. The van der Waals surface area contributed by atoms with E-state index in [-0.39, 0.29) is 6.42 Å². The molecule has 0 aliphatic heterocycles. The first-order valence-corrected chi connectivity index (χ1v) is 6.99. The molecule has 0 radical (unpaired) electrons. The monoisotopic (exact) mass is 284 g/mol. The normalized spacial score (nSPS) is 10.3. The number of rotatable bonds is 6. The van der Waals surface area contributed by atoms with Crippen molar-refractivity contribution in [3.05, 3.63) is 59.7 Å². The number of anilines is 2. The van der Waals surface area contributed by atoms with Gasteiger partial charge in [-0.1, -0.05) is 30.3 Å². The molecule has 0 fully saturated rings. The van der Waals surface area contributed by atoms with Gasteiger partial charge < -0.3 is 15.7 Å². The van der Waals surface area contributed by atoms with Crippen LogP contribution in [0.4, 0.5) is 11.4 Å². The van der Waals surface area contributed by atoms with Crippen LogP contribution < -0.4 is 10.6 Å². The second-order valence-corrected chi connectivity index (χ2v) is 4.95. The minimum absolute atomic E-state index is 0.0463. The number of nitrogen functional groups attached to an aromatic ring is 1. The fourth-order valence-electron chi connectivity index (χ4n) is 2.36. The number of hydrogen-bond donors (Lipinski definition) is 2. The zero-order valence-electron chi connectivity index (χ0n) is 12.1. The summed E-state index contributed by atoms with van der Waals surface area (Å²) in [5.41, 5.74) is 9.49. The fraction of sp³-hybridized carbons (Fsp3) is 0.235. The van der Waals surface area contributed by atoms with Crippen molar-refractivity contribution >= 4 is 17.3 Å². The Hall–Kier alpha value is -2.49. The lowest BCUT2D eigenvalue weighted by atomic mass is 10.0. The highest BCUT2D eigenvalue weighted by molar-refractivity contribution is 5.70. The molecule has 0 aliphatic carbocycles. The highest BCUT2D eigenvalue weighted by Gasteiger charge is 2.10. The highest BCUT2D eigenvalue weighted by Crippen LogP contribution is 2.21. The molecule has 4 heteroatoms. The summed E-state index contributed by atoms with van der Waals surface area (Å²) in [4.78, 5) is 13.1. The summed E-state index contributed by atoms with van der Waals surface area (Å²) in [6, 6.07) is 15.4. The van der Waals surface area contributed by atoms with Crippen molar-refractivity contribution in [2.75, 3.05) is 17.2 Å². The topological polar surface area (TPSA) is 66.6 Å². The molecular weight excluding hydrogens is 264 g/mol. The number of carbonyl (C=O) groups is 1. The Bertz CT molecular complexity index is 626. The van der Waals surface area contributed by atoms with Crippen LogP contribution in [0.25, 0.3) is 0 Å². The van der Waals surface area contributed by atoms with Crippen LogP contribution >= 0.6 is 0 Å². The summed E-state index contributed by atoms with van der Waals surface area (Å²) in [6.07, 6.45) is 0.0463. The third kappa shape index (κ3) is 3.99. The van der Waals surface area contributed by atoms with Crippen LogP contribution in [0.3, 0.4) is 0 Å². The molecule has 110 valence electrons. The van der Waals surface area contributed by atoms with Crippen molar-refractivity contribution in [1.82, 2.24) is 0 Å². The summed E-state index contributed by atoms with van der Waals surface area (Å²) in [5, 5.41) is 9.01. The first kappa shape index (κ1) is 14.9. The Morgan fingerprint density at radius 2 is 1.86 bits per heavy atom. The van der Waals surface area contributed by atoms with Gasteiger partial charge in [0.05, 0.1) is 6.42 Å². The van der Waals surface area contributed by atoms with Crippen molar-refractivity contribution in [2.24, 2.45) is 0 Å². The molecule has 2 aromatic carbocycles. The molecule has 3 N–H and O–H groups in total. The van der Waals surface area contributed by atoms with Gasteiger partial charge in [0.1, 0.15) is 0 Å². The number of hydrogen-bond acceptors (Lipinski definition) is 3. The van der Waals surface area contributed by atoms with E-state index in [9.17, 15) is 4.79 Å². The third-order valence-electron chi connectivity index (χ3n) is 3.44. The Morgan fingerprint density at radius 3 is 2.48 bits per heavy atom. The van der Waals surface area contributed by atoms with Crippen LogP contribution in [0.5, 0.6) is 0 Å². The minimum atomic E-state index is -0.811. The molecule has 0 heterocycles. The molecule has 4 nitrogen and oxygen atoms in total. The molecular formula is C17H20N2O2. The maximum Gasteiger partial charge on any atom is 0.307 e. The highest BCUT2D eigenvalue weighted by atomic mass is 16.4. The Labute approximate surface area is 124 Å². The van der Waals surface area contributed by atoms with Crippen LogP contribution in [0.2, 0.25) is 0 Å². The lowest BCUT2D eigenvalue weighted by Gasteiger charge is -2.24. The molecule has 21 heavy (non-hydrogen) atoms. The van der Waals surface area contributed by atoms with Crippen molar-refractivity contribution in [3.63, 3.8) is 0 Å². The largest absolute Gasteiger partial charge is 0.481 e. The van der Waals surface area contributed by atoms with Crippen LogP contribution in [0, 0.1) is 0 Å². The van der Waals surface area contributed by atoms with Gasteiger partial charge in [-0.05, 0) is 36.2 Å². The van der Waals surface area contributed by atoms with Gasteiger partial charge in [0.25, 0.3) is 0 Å². The van der Waals surface area contributed by atoms with Gasteiger partial charge >= 0.3 is 5.97 Å². The summed E-state index contributed by atoms with van der Waals surface area (Å²) in [7, 11) is 0. The average molecular weight is 284 g/mol. The van der Waals surface area contributed by atoms with E-state index in [4.69, 9.17) is 10.8 Å². The molecule has 0 atom stereocenters. The SMILES string of the molecule is CCN(Cc1ccccc1CC(=O)O)c1cccc(N)c1. The van der Waals surface area contributed by atoms with Crippen LogP contribution in [-0.2, 0) is 17.8 Å². The molecule has 0 aromatic heterocycles. The summed E-state index contributed by atoms with van der Waals surface area (Å²) >= 11 is 0. The van der Waals surface area contributed by atoms with Crippen molar-refractivity contribution in [3.8, 4) is 0 Å². The zero-order valence-corrected chi connectivity index (χ0v) is 12.1. The van der Waals surface area contributed by atoms with Crippen LogP contribution in [0.15, 0.2) is 48.5 Å². The number of aliphatic carboxylic acids is 1. The van der Waals surface area contributed by atoms with E-state index in [2.05, 4.69) is 11.8 Å². The van der Waals surface area contributed by atoms with E-state index in [1.165, 1.54) is 0 Å². The minimum Gasteiger partial charge on any atom is -0.481 e. The number of carboxylic acids is 1. The van der Waals surface area contributed by atoms with Gasteiger partial charge in [0, 0.05) is 24.5 Å². The summed E-state index contributed by atoms with van der Waals surface area (Å²) in [5.74, 6) is -0.811. The smallest absolute Gasteiger partial charge is 0.307 e. The van der Waals surface area contributed by atoms with Gasteiger partial charge in [-0.25, -0.2) is 0 Å². The number of nitrogens with two attached hydrogens (primary N) is 1. The Morgan fingerprint density at radius 1 is 1.14 bits per heavy atom. The molecule has 0 saturated carbocycles. The van der Waals surface area contributed by atoms with Crippen LogP contribution in [0.1, 0.15) is 18.1 Å². The number of benzene rings is 2. The standard InChI is InChI=1S/C17H20N2O2/c1-2-19(16-9-5-8-15(18)11-16)12-14-7-4-3-6-13(14)10-17(20)21/h3-9,11H,2,10,12,18H2,1H3,(H,20,21). The first-order chi connectivity index (χ1) is 10.1. The lowest BCUT2D eigenvalue weighted by Crippen LogP contribution is -2.23. The van der Waals surface area contributed by atoms with Crippen molar-refractivity contribution in [1.29, 1.82) is 0 Å². The van der Waals surface area contributed by atoms with Crippen molar-refractivity contribution in [2.45, 2.75) is 19.9 Å². The van der Waals surface area contributed by atoms with Gasteiger partial charge in [-0.2, -0.15) is 0 Å². The van der Waals surface area contributed by atoms with E-state index in [1.807, 2.05) is 48.5 Å². The molecule has 0 spiro atoms. The van der Waals surface area contributed by atoms with E-state index in [0.29, 0.717) is 6.54 Å². The van der Waals surface area contributed by atoms with E-state index in [0.717, 1.165) is 29.0 Å². The maximum absolute atomic E-state index is 11.0. The predicted molar refractivity (Wildman–Crippen MR) is 85.4 cm³/mol. The summed E-state index contributed by atoms with van der Waals surface area (Å²) in [6.45, 7) is 3.57. The number of nitrogens with zero attached hydrogens (tertiary/aromatic N) is 1. The average Bonchev–Trinajstić information content (AvgIpc) is 2.45. The van der Waals surface area contributed by atoms with Crippen molar-refractivity contribution < 1.29 is 9.90 Å². The van der Waals surface area contributed by atoms with Crippen LogP contribution in [-0.4, -0.2) is 17.6 Å². The molecule has 2 rings (SSSR count). The van der Waals surface area contributed by atoms with E-state index < -0.39 is 5.97 Å². The molecule has 0 aliphatic rings. The van der Waals surface area contributed by atoms with Gasteiger partial charge in [0.2, 0.25) is 0 Å². The second-order valence-electron chi connectivity index (χ2n) is 4.95. The Balaban J connectivity index is 2.25. The van der Waals surface area contributed by atoms with E-state index >= 15 is 0 Å². The third-order valence-corrected chi connectivity index (χ3v) is 3.44. The molecule has 0 bridgehead atoms. The number of carboxylic acid groups (broad SMARTS) is 1. The zero-order chi connectivity index (χ0) is 15.2. The fourth-order valence-corrected chi connectivity index (χ4v) is 2.36. The van der Waals surface area contributed by atoms with Gasteiger partial charge in [-0.3, -0.25) is 4.79 Å². The quantitative estimate of drug-likeness (QED) is 0.800. The van der Waals surface area contributed by atoms with Gasteiger partial charge in [0.15, 0.2) is 0 Å². The first-order valence-electron chi connectivity index (χ1n) is 6.99. The van der Waals surface area contributed by atoms with E-state index in [1.54, 1.807) is 0 Å². The molecule has 0 saturated heterocycles. The molecule has 0 amide bonds. The lowest BCUT2D eigenvalue weighted by molar-refractivity contribution is -0.136. The second kappa shape index (κ2) is 6.79. The van der Waals surface area contributed by atoms with Gasteiger partial charge in [-0.15, -0.1) is 0 Å².